The maximum absolute atomic E-state index is 4.56. The molecule has 0 radical (unpaired) electrons. The minimum absolute atomic E-state index is 0.581. The molecule has 2 nitrogen and oxygen atoms in total. The molecule has 0 aromatic carbocycles. The summed E-state index contributed by atoms with van der Waals surface area (Å²) in [5.41, 5.74) is 2.60. The van der Waals surface area contributed by atoms with Gasteiger partial charge in [0.1, 0.15) is 0 Å². The average Bonchev–Trinajstić information content (AvgIpc) is 1.66. The van der Waals surface area contributed by atoms with E-state index >= 15 is 0 Å². The van der Waals surface area contributed by atoms with E-state index in [0.717, 1.165) is 0 Å². The van der Waals surface area contributed by atoms with Crippen molar-refractivity contribution in [2.45, 2.75) is 13.8 Å². The third-order valence-corrected chi connectivity index (χ3v) is 0.667. The lowest BCUT2D eigenvalue weighted by atomic mass is 10.2. The molecule has 0 aliphatic heterocycles. The molecule has 0 saturated carbocycles. The number of allylic oxidation sites excluding steroid dienone is 1. The first-order valence-electron chi connectivity index (χ1n) is 2.72. The molecule has 0 atom stereocenters. The molecular weight excluding hydrogens is 102 g/mol. The van der Waals surface area contributed by atoms with Crippen LogP contribution in [0.2, 0.25) is 0 Å². The lowest BCUT2D eigenvalue weighted by Crippen LogP contribution is -2.00. The van der Waals surface area contributed by atoms with Crippen LogP contribution in [-0.2, 0) is 4.84 Å². The SMILES string of the molecule is CONC=CC(C)C. The summed E-state index contributed by atoms with van der Waals surface area (Å²) < 4.78 is 0. The van der Waals surface area contributed by atoms with Gasteiger partial charge in [-0.2, -0.15) is 0 Å². The lowest BCUT2D eigenvalue weighted by Gasteiger charge is -1.94. The van der Waals surface area contributed by atoms with Crippen molar-refractivity contribution < 1.29 is 4.84 Å². The van der Waals surface area contributed by atoms with Gasteiger partial charge >= 0.3 is 0 Å². The van der Waals surface area contributed by atoms with Crippen LogP contribution in [0.3, 0.4) is 0 Å². The number of nitrogens with one attached hydrogen (secondary N) is 1. The quantitative estimate of drug-likeness (QED) is 0.560. The van der Waals surface area contributed by atoms with Crippen molar-refractivity contribution in [2.24, 2.45) is 5.92 Å². The molecule has 0 unspecified atom stereocenters. The highest BCUT2D eigenvalue weighted by atomic mass is 16.6. The van der Waals surface area contributed by atoms with Crippen LogP contribution in [0.5, 0.6) is 0 Å². The van der Waals surface area contributed by atoms with Gasteiger partial charge in [0.2, 0.25) is 0 Å². The minimum Gasteiger partial charge on any atom is -0.280 e. The van der Waals surface area contributed by atoms with Crippen LogP contribution in [0.25, 0.3) is 0 Å². The van der Waals surface area contributed by atoms with Crippen LogP contribution in [0.1, 0.15) is 13.8 Å². The van der Waals surface area contributed by atoms with Gasteiger partial charge in [-0.1, -0.05) is 19.9 Å². The van der Waals surface area contributed by atoms with Crippen LogP contribution >= 0.6 is 0 Å². The van der Waals surface area contributed by atoms with Gasteiger partial charge in [-0.25, -0.2) is 0 Å². The van der Waals surface area contributed by atoms with Crippen molar-refractivity contribution in [3.8, 4) is 0 Å². The third-order valence-electron chi connectivity index (χ3n) is 0.667. The van der Waals surface area contributed by atoms with Crippen LogP contribution in [0.15, 0.2) is 12.3 Å². The Morgan fingerprint density at radius 3 is 2.50 bits per heavy atom. The van der Waals surface area contributed by atoms with Gasteiger partial charge in [0.05, 0.1) is 7.11 Å². The molecule has 0 bridgehead atoms. The predicted molar refractivity (Wildman–Crippen MR) is 34.1 cm³/mol. The number of hydrogen-bond donors (Lipinski definition) is 1. The van der Waals surface area contributed by atoms with Gasteiger partial charge in [-0.3, -0.25) is 10.3 Å². The molecule has 0 saturated heterocycles. The Balaban J connectivity index is 3.07. The number of hydroxylamine groups is 1. The Morgan fingerprint density at radius 2 is 2.12 bits per heavy atom. The van der Waals surface area contributed by atoms with E-state index in [-0.39, 0.29) is 0 Å². The van der Waals surface area contributed by atoms with E-state index in [4.69, 9.17) is 0 Å². The summed E-state index contributed by atoms with van der Waals surface area (Å²) in [5, 5.41) is 0. The van der Waals surface area contributed by atoms with E-state index in [9.17, 15) is 0 Å². The van der Waals surface area contributed by atoms with E-state index in [1.165, 1.54) is 0 Å². The monoisotopic (exact) mass is 115 g/mol. The Morgan fingerprint density at radius 1 is 1.50 bits per heavy atom. The largest absolute Gasteiger partial charge is 0.280 e. The van der Waals surface area contributed by atoms with Crippen molar-refractivity contribution in [2.75, 3.05) is 7.11 Å². The highest BCUT2D eigenvalue weighted by Crippen LogP contribution is 1.90. The summed E-state index contributed by atoms with van der Waals surface area (Å²) in [5.74, 6) is 0.581. The fourth-order valence-electron chi connectivity index (χ4n) is 0.300. The zero-order valence-corrected chi connectivity index (χ0v) is 5.64. The normalized spacial score (nSPS) is 11.0. The van der Waals surface area contributed by atoms with E-state index < -0.39 is 0 Å². The first kappa shape index (κ1) is 7.50. The second-order valence-corrected chi connectivity index (χ2v) is 1.93. The molecule has 0 aliphatic rings. The van der Waals surface area contributed by atoms with E-state index in [0.29, 0.717) is 5.92 Å². The van der Waals surface area contributed by atoms with Crippen molar-refractivity contribution in [1.29, 1.82) is 0 Å². The number of hydrogen-bond acceptors (Lipinski definition) is 2. The van der Waals surface area contributed by atoms with Gasteiger partial charge in [-0.15, -0.1) is 0 Å². The predicted octanol–water partition coefficient (Wildman–Crippen LogP) is 1.31. The smallest absolute Gasteiger partial charge is 0.0636 e. The zero-order valence-electron chi connectivity index (χ0n) is 5.64. The van der Waals surface area contributed by atoms with E-state index in [1.54, 1.807) is 13.3 Å². The molecule has 0 spiro atoms. The fraction of sp³-hybridized carbons (Fsp3) is 0.667. The Labute approximate surface area is 50.5 Å². The summed E-state index contributed by atoms with van der Waals surface area (Å²) in [6.07, 6.45) is 3.80. The summed E-state index contributed by atoms with van der Waals surface area (Å²) in [4.78, 5) is 4.56. The first-order chi connectivity index (χ1) is 3.77. The maximum atomic E-state index is 4.56. The van der Waals surface area contributed by atoms with E-state index in [1.807, 2.05) is 6.08 Å². The Kier molecular flexibility index (Phi) is 4.36. The molecule has 0 aromatic heterocycles. The van der Waals surface area contributed by atoms with Crippen molar-refractivity contribution >= 4 is 0 Å². The lowest BCUT2D eigenvalue weighted by molar-refractivity contribution is 0.128. The molecule has 0 aromatic rings. The second-order valence-electron chi connectivity index (χ2n) is 1.93. The summed E-state index contributed by atoms with van der Waals surface area (Å²) >= 11 is 0. The topological polar surface area (TPSA) is 21.3 Å². The summed E-state index contributed by atoms with van der Waals surface area (Å²) in [6.45, 7) is 4.21. The molecule has 0 rings (SSSR count). The van der Waals surface area contributed by atoms with Gasteiger partial charge < -0.3 is 0 Å². The summed E-state index contributed by atoms with van der Waals surface area (Å²) in [6, 6.07) is 0. The van der Waals surface area contributed by atoms with Gasteiger partial charge in [-0.05, 0) is 5.92 Å². The fourth-order valence-corrected chi connectivity index (χ4v) is 0.300. The molecule has 2 heteroatoms. The Hall–Kier alpha value is -0.500. The minimum atomic E-state index is 0.581. The van der Waals surface area contributed by atoms with Crippen LogP contribution in [0.4, 0.5) is 0 Å². The molecule has 48 valence electrons. The van der Waals surface area contributed by atoms with Crippen LogP contribution < -0.4 is 5.48 Å². The number of rotatable bonds is 3. The molecule has 0 heterocycles. The van der Waals surface area contributed by atoms with Gasteiger partial charge in [0, 0.05) is 6.20 Å². The maximum Gasteiger partial charge on any atom is 0.0636 e. The molecular formula is C6H13NO. The average molecular weight is 115 g/mol. The van der Waals surface area contributed by atoms with Crippen LogP contribution in [0, 0.1) is 5.92 Å². The Bertz CT molecular complexity index is 68.9. The van der Waals surface area contributed by atoms with Gasteiger partial charge in [0.25, 0.3) is 0 Å². The summed E-state index contributed by atoms with van der Waals surface area (Å²) in [7, 11) is 1.59. The van der Waals surface area contributed by atoms with Gasteiger partial charge in [0.15, 0.2) is 0 Å². The highest BCUT2D eigenvalue weighted by Gasteiger charge is 1.79. The zero-order chi connectivity index (χ0) is 6.41. The van der Waals surface area contributed by atoms with E-state index in [2.05, 4.69) is 24.2 Å². The molecule has 0 amide bonds. The van der Waals surface area contributed by atoms with Crippen molar-refractivity contribution in [1.82, 2.24) is 5.48 Å². The van der Waals surface area contributed by atoms with Crippen LogP contribution in [-0.4, -0.2) is 7.11 Å². The first-order valence-corrected chi connectivity index (χ1v) is 2.72. The van der Waals surface area contributed by atoms with Crippen molar-refractivity contribution in [3.63, 3.8) is 0 Å². The van der Waals surface area contributed by atoms with Crippen molar-refractivity contribution in [3.05, 3.63) is 12.3 Å². The highest BCUT2D eigenvalue weighted by molar-refractivity contribution is 4.79. The standard InChI is InChI=1S/C6H13NO/c1-6(2)4-5-7-8-3/h4-7H,1-3H3. The molecule has 8 heavy (non-hydrogen) atoms. The third kappa shape index (κ3) is 5.50. The molecule has 1 N–H and O–H groups in total. The molecule has 0 fully saturated rings. The second kappa shape index (κ2) is 4.65. The molecule has 0 aliphatic carbocycles.